The van der Waals surface area contributed by atoms with Gasteiger partial charge in [0.25, 0.3) is 0 Å². The highest BCUT2D eigenvalue weighted by Crippen LogP contribution is 2.14. The number of aliphatic hydroxyl groups is 1. The molecule has 0 heterocycles. The lowest BCUT2D eigenvalue weighted by molar-refractivity contribution is 0.0291. The van der Waals surface area contributed by atoms with Crippen LogP contribution in [-0.2, 0) is 9.47 Å². The Morgan fingerprint density at radius 3 is 2.13 bits per heavy atom. The maximum atomic E-state index is 8.47. The van der Waals surface area contributed by atoms with Gasteiger partial charge in [-0.15, -0.1) is 0 Å². The summed E-state index contributed by atoms with van der Waals surface area (Å²) >= 11 is 0. The highest BCUT2D eigenvalue weighted by atomic mass is 16.5. The molecule has 15 heavy (non-hydrogen) atoms. The van der Waals surface area contributed by atoms with Crippen LogP contribution in [-0.4, -0.2) is 38.1 Å². The Bertz CT molecular complexity index is 117. The normalized spacial score (nSPS) is 13.0. The molecule has 0 aliphatic carbocycles. The summed E-state index contributed by atoms with van der Waals surface area (Å²) < 4.78 is 10.5. The Morgan fingerprint density at radius 1 is 0.933 bits per heavy atom. The molecular formula is C12H26O3. The van der Waals surface area contributed by atoms with Crippen LogP contribution in [0.4, 0.5) is 0 Å². The van der Waals surface area contributed by atoms with Crippen LogP contribution < -0.4 is 0 Å². The number of hydrogen-bond donors (Lipinski definition) is 1. The van der Waals surface area contributed by atoms with Crippen LogP contribution in [0.25, 0.3) is 0 Å². The Kier molecular flexibility index (Phi) is 11.9. The van der Waals surface area contributed by atoms with Crippen molar-refractivity contribution >= 4 is 0 Å². The van der Waals surface area contributed by atoms with E-state index in [0.29, 0.717) is 19.8 Å². The Labute approximate surface area is 93.8 Å². The summed E-state index contributed by atoms with van der Waals surface area (Å²) in [6.45, 7) is 7.04. The maximum Gasteiger partial charge on any atom is 0.0701 e. The van der Waals surface area contributed by atoms with E-state index in [1.807, 2.05) is 0 Å². The predicted octanol–water partition coefficient (Wildman–Crippen LogP) is 2.23. The molecule has 0 aromatic rings. The summed E-state index contributed by atoms with van der Waals surface area (Å²) in [6.07, 6.45) is 4.97. The molecule has 0 aromatic carbocycles. The van der Waals surface area contributed by atoms with Crippen molar-refractivity contribution in [1.82, 2.24) is 0 Å². The largest absolute Gasteiger partial charge is 0.394 e. The molecule has 3 nitrogen and oxygen atoms in total. The van der Waals surface area contributed by atoms with Gasteiger partial charge in [-0.2, -0.15) is 0 Å². The van der Waals surface area contributed by atoms with Crippen LogP contribution in [0.2, 0.25) is 0 Å². The fourth-order valence-electron chi connectivity index (χ4n) is 1.60. The number of rotatable bonds is 11. The summed E-state index contributed by atoms with van der Waals surface area (Å²) in [5.74, 6) is 0.813. The Morgan fingerprint density at radius 2 is 1.60 bits per heavy atom. The van der Waals surface area contributed by atoms with E-state index >= 15 is 0 Å². The monoisotopic (exact) mass is 218 g/mol. The zero-order chi connectivity index (χ0) is 11.4. The average molecular weight is 218 g/mol. The first-order valence-electron chi connectivity index (χ1n) is 6.11. The summed E-state index contributed by atoms with van der Waals surface area (Å²) in [5.41, 5.74) is 0. The smallest absolute Gasteiger partial charge is 0.0701 e. The Balaban J connectivity index is 3.14. The summed E-state index contributed by atoms with van der Waals surface area (Å²) in [5, 5.41) is 8.47. The van der Waals surface area contributed by atoms with E-state index in [1.54, 1.807) is 0 Å². The molecule has 0 bridgehead atoms. The van der Waals surface area contributed by atoms with Gasteiger partial charge in [-0.05, 0) is 12.3 Å². The molecule has 3 heteroatoms. The minimum Gasteiger partial charge on any atom is -0.394 e. The van der Waals surface area contributed by atoms with Crippen LogP contribution in [0.3, 0.4) is 0 Å². The standard InChI is InChI=1S/C12H26O3/c1-3-5-12(4-2)6-8-14-10-11-15-9-7-13/h12-13H,3-11H2,1-2H3. The highest BCUT2D eigenvalue weighted by molar-refractivity contribution is 4.55. The van der Waals surface area contributed by atoms with Crippen LogP contribution in [0.5, 0.6) is 0 Å². The van der Waals surface area contributed by atoms with Gasteiger partial charge in [-0.3, -0.25) is 0 Å². The molecule has 0 rings (SSSR count). The SMILES string of the molecule is CCCC(CC)CCOCCOCCO. The molecule has 0 amide bonds. The molecule has 0 radical (unpaired) electrons. The summed E-state index contributed by atoms with van der Waals surface area (Å²) in [4.78, 5) is 0. The van der Waals surface area contributed by atoms with E-state index in [1.165, 1.54) is 19.3 Å². The van der Waals surface area contributed by atoms with Crippen LogP contribution >= 0.6 is 0 Å². The molecule has 92 valence electrons. The third kappa shape index (κ3) is 10.2. The van der Waals surface area contributed by atoms with E-state index in [9.17, 15) is 0 Å². The number of hydrogen-bond acceptors (Lipinski definition) is 3. The number of aliphatic hydroxyl groups excluding tert-OH is 1. The second kappa shape index (κ2) is 12.0. The van der Waals surface area contributed by atoms with Crippen molar-refractivity contribution in [1.29, 1.82) is 0 Å². The van der Waals surface area contributed by atoms with E-state index in [-0.39, 0.29) is 6.61 Å². The maximum absolute atomic E-state index is 8.47. The van der Waals surface area contributed by atoms with Crippen molar-refractivity contribution in [3.63, 3.8) is 0 Å². The molecule has 0 fully saturated rings. The topological polar surface area (TPSA) is 38.7 Å². The van der Waals surface area contributed by atoms with Crippen LogP contribution in [0.15, 0.2) is 0 Å². The molecule has 1 N–H and O–H groups in total. The molecule has 0 saturated heterocycles. The van der Waals surface area contributed by atoms with Crippen LogP contribution in [0.1, 0.15) is 39.5 Å². The van der Waals surface area contributed by atoms with Crippen molar-refractivity contribution < 1.29 is 14.6 Å². The minimum atomic E-state index is 0.0917. The van der Waals surface area contributed by atoms with Gasteiger partial charge in [-0.25, -0.2) is 0 Å². The fraction of sp³-hybridized carbons (Fsp3) is 1.00. The van der Waals surface area contributed by atoms with Gasteiger partial charge in [-0.1, -0.05) is 33.1 Å². The molecule has 0 spiro atoms. The van der Waals surface area contributed by atoms with Crippen molar-refractivity contribution in [3.05, 3.63) is 0 Å². The first-order chi connectivity index (χ1) is 7.35. The lowest BCUT2D eigenvalue weighted by Gasteiger charge is -2.13. The molecule has 0 saturated carbocycles. The predicted molar refractivity (Wildman–Crippen MR) is 62.0 cm³/mol. The minimum absolute atomic E-state index is 0.0917. The average Bonchev–Trinajstić information content (AvgIpc) is 2.26. The van der Waals surface area contributed by atoms with Gasteiger partial charge >= 0.3 is 0 Å². The fourth-order valence-corrected chi connectivity index (χ4v) is 1.60. The van der Waals surface area contributed by atoms with Gasteiger partial charge in [0.2, 0.25) is 0 Å². The molecule has 0 aromatic heterocycles. The molecule has 0 aliphatic heterocycles. The summed E-state index contributed by atoms with van der Waals surface area (Å²) in [7, 11) is 0. The van der Waals surface area contributed by atoms with Crippen molar-refractivity contribution in [2.45, 2.75) is 39.5 Å². The van der Waals surface area contributed by atoms with Gasteiger partial charge in [0.15, 0.2) is 0 Å². The second-order valence-corrected chi connectivity index (χ2v) is 3.80. The molecule has 1 atom stereocenters. The van der Waals surface area contributed by atoms with Crippen molar-refractivity contribution in [3.8, 4) is 0 Å². The second-order valence-electron chi connectivity index (χ2n) is 3.80. The first-order valence-corrected chi connectivity index (χ1v) is 6.11. The van der Waals surface area contributed by atoms with E-state index in [0.717, 1.165) is 18.9 Å². The zero-order valence-corrected chi connectivity index (χ0v) is 10.2. The highest BCUT2D eigenvalue weighted by Gasteiger charge is 2.04. The van der Waals surface area contributed by atoms with Gasteiger partial charge in [0.05, 0.1) is 26.4 Å². The lowest BCUT2D eigenvalue weighted by Crippen LogP contribution is -2.10. The zero-order valence-electron chi connectivity index (χ0n) is 10.2. The lowest BCUT2D eigenvalue weighted by atomic mass is 9.98. The third-order valence-corrected chi connectivity index (χ3v) is 2.55. The van der Waals surface area contributed by atoms with E-state index in [2.05, 4.69) is 13.8 Å². The van der Waals surface area contributed by atoms with Crippen LogP contribution in [0, 0.1) is 5.92 Å². The molecule has 1 unspecified atom stereocenters. The Hall–Kier alpha value is -0.120. The van der Waals surface area contributed by atoms with E-state index in [4.69, 9.17) is 14.6 Å². The number of ether oxygens (including phenoxy) is 2. The van der Waals surface area contributed by atoms with Gasteiger partial charge in [0.1, 0.15) is 0 Å². The summed E-state index contributed by atoms with van der Waals surface area (Å²) in [6, 6.07) is 0. The van der Waals surface area contributed by atoms with E-state index < -0.39 is 0 Å². The van der Waals surface area contributed by atoms with Crippen molar-refractivity contribution in [2.75, 3.05) is 33.0 Å². The molecule has 0 aliphatic rings. The quantitative estimate of drug-likeness (QED) is 0.540. The van der Waals surface area contributed by atoms with Crippen molar-refractivity contribution in [2.24, 2.45) is 5.92 Å². The molecular weight excluding hydrogens is 192 g/mol. The third-order valence-electron chi connectivity index (χ3n) is 2.55. The first kappa shape index (κ1) is 14.9. The van der Waals surface area contributed by atoms with Gasteiger partial charge in [0, 0.05) is 6.61 Å². The van der Waals surface area contributed by atoms with Gasteiger partial charge < -0.3 is 14.6 Å².